The molecule has 0 aromatic carbocycles. The molecule has 0 amide bonds. The highest BCUT2D eigenvalue weighted by Gasteiger charge is 2.45. The summed E-state index contributed by atoms with van der Waals surface area (Å²) in [6.07, 6.45) is -2.72. The van der Waals surface area contributed by atoms with Crippen molar-refractivity contribution in [2.75, 3.05) is 6.61 Å². The van der Waals surface area contributed by atoms with E-state index in [-0.39, 0.29) is 12.5 Å². The smallest absolute Gasteiger partial charge is 0.323 e. The van der Waals surface area contributed by atoms with Gasteiger partial charge in [0.1, 0.15) is 43.1 Å². The molecule has 9 heteroatoms. The summed E-state index contributed by atoms with van der Waals surface area (Å²) in [6.45, 7) is 5.11. The van der Waals surface area contributed by atoms with Gasteiger partial charge in [0.25, 0.3) is 0 Å². The summed E-state index contributed by atoms with van der Waals surface area (Å²) in [4.78, 5) is 15.6. The van der Waals surface area contributed by atoms with Crippen LogP contribution < -0.4 is 5.73 Å². The van der Waals surface area contributed by atoms with Crippen molar-refractivity contribution in [1.82, 2.24) is 14.8 Å². The Kier molecular flexibility index (Phi) is 5.12. The average Bonchev–Trinajstić information content (AvgIpc) is 3.01. The molecule has 0 saturated carbocycles. The molecular weight excluding hydrogens is 292 g/mol. The summed E-state index contributed by atoms with van der Waals surface area (Å²) >= 11 is 0. The van der Waals surface area contributed by atoms with Crippen molar-refractivity contribution in [1.29, 1.82) is 0 Å². The molecule has 1 aliphatic heterocycles. The first-order chi connectivity index (χ1) is 10.3. The van der Waals surface area contributed by atoms with Gasteiger partial charge in [-0.1, -0.05) is 13.8 Å². The number of hydrogen-bond donors (Lipinski definition) is 3. The summed E-state index contributed by atoms with van der Waals surface area (Å²) in [5.41, 5.74) is 5.68. The molecule has 5 atom stereocenters. The summed E-state index contributed by atoms with van der Waals surface area (Å²) < 4.78 is 11.9. The molecule has 0 spiro atoms. The predicted molar refractivity (Wildman–Crippen MR) is 74.5 cm³/mol. The molecular formula is C13H22N4O5. The number of aliphatic hydroxyl groups excluding tert-OH is 2. The Morgan fingerprint density at radius 2 is 2.18 bits per heavy atom. The van der Waals surface area contributed by atoms with E-state index < -0.39 is 36.6 Å². The second kappa shape index (κ2) is 6.69. The molecule has 1 saturated heterocycles. The van der Waals surface area contributed by atoms with Gasteiger partial charge in [-0.15, -0.1) is 0 Å². The summed E-state index contributed by atoms with van der Waals surface area (Å²) in [7, 11) is 0. The van der Waals surface area contributed by atoms with E-state index in [2.05, 4.69) is 10.1 Å². The first kappa shape index (κ1) is 16.8. The zero-order chi connectivity index (χ0) is 16.4. The van der Waals surface area contributed by atoms with Crippen LogP contribution in [0.2, 0.25) is 0 Å². The number of nitrogens with two attached hydrogens (primary N) is 1. The maximum atomic E-state index is 11.7. The zero-order valence-electron chi connectivity index (χ0n) is 12.8. The van der Waals surface area contributed by atoms with Crippen molar-refractivity contribution in [3.63, 3.8) is 0 Å². The fourth-order valence-electron chi connectivity index (χ4n) is 2.10. The van der Waals surface area contributed by atoms with Gasteiger partial charge < -0.3 is 25.4 Å². The monoisotopic (exact) mass is 314 g/mol. The second-order valence-electron chi connectivity index (χ2n) is 5.72. The second-order valence-corrected chi connectivity index (χ2v) is 5.72. The Balaban J connectivity index is 1.94. The van der Waals surface area contributed by atoms with Crippen molar-refractivity contribution in [2.24, 2.45) is 11.7 Å². The Bertz CT molecular complexity index is 520. The number of aryl methyl sites for hydroxylation is 1. The number of carbonyl (C=O) groups is 1. The maximum absolute atomic E-state index is 11.7. The highest BCUT2D eigenvalue weighted by molar-refractivity contribution is 5.75. The normalized spacial score (nSPS) is 29.8. The third kappa shape index (κ3) is 3.43. The van der Waals surface area contributed by atoms with Crippen LogP contribution in [-0.4, -0.2) is 61.9 Å². The lowest BCUT2D eigenvalue weighted by atomic mass is 10.1. The Morgan fingerprint density at radius 1 is 1.50 bits per heavy atom. The molecule has 0 bridgehead atoms. The molecule has 1 aliphatic rings. The summed E-state index contributed by atoms with van der Waals surface area (Å²) in [5.74, 6) is -0.109. The van der Waals surface area contributed by atoms with E-state index in [1.54, 1.807) is 20.8 Å². The van der Waals surface area contributed by atoms with Gasteiger partial charge in [0, 0.05) is 0 Å². The molecule has 1 fully saturated rings. The molecule has 1 aromatic rings. The van der Waals surface area contributed by atoms with Crippen molar-refractivity contribution < 1.29 is 24.5 Å². The van der Waals surface area contributed by atoms with Crippen LogP contribution in [0.4, 0.5) is 0 Å². The van der Waals surface area contributed by atoms with Crippen LogP contribution in [-0.2, 0) is 14.3 Å². The lowest BCUT2D eigenvalue weighted by Gasteiger charge is -2.18. The topological polar surface area (TPSA) is 133 Å². The fourth-order valence-corrected chi connectivity index (χ4v) is 2.10. The summed E-state index contributed by atoms with van der Waals surface area (Å²) in [6, 6.07) is -0.739. The van der Waals surface area contributed by atoms with E-state index in [0.29, 0.717) is 5.82 Å². The Hall–Kier alpha value is -1.55. The highest BCUT2D eigenvalue weighted by atomic mass is 16.6. The number of aliphatic hydroxyl groups is 2. The van der Waals surface area contributed by atoms with Crippen molar-refractivity contribution in [2.45, 2.75) is 51.4 Å². The molecule has 22 heavy (non-hydrogen) atoms. The molecule has 124 valence electrons. The SMILES string of the molecule is Cc1ncn([C@H]2O[C@@H](COC(=O)C(N)C(C)C)[C@H](O)[C@@H]2O)n1. The Labute approximate surface area is 128 Å². The van der Waals surface area contributed by atoms with Gasteiger partial charge in [0.2, 0.25) is 0 Å². The van der Waals surface area contributed by atoms with Crippen LogP contribution >= 0.6 is 0 Å². The standard InChI is InChI=1S/C13H22N4O5/c1-6(2)9(14)13(20)21-4-8-10(18)11(19)12(22-8)17-5-15-7(3)16-17/h5-6,8-12,18-19H,4,14H2,1-3H3/t8-,9?,10-,11-,12-/m0/s1. The molecule has 0 radical (unpaired) electrons. The van der Waals surface area contributed by atoms with E-state index >= 15 is 0 Å². The van der Waals surface area contributed by atoms with Gasteiger partial charge in [0.15, 0.2) is 6.23 Å². The van der Waals surface area contributed by atoms with E-state index in [1.165, 1.54) is 11.0 Å². The van der Waals surface area contributed by atoms with Crippen LogP contribution in [0.5, 0.6) is 0 Å². The number of nitrogens with zero attached hydrogens (tertiary/aromatic N) is 3. The van der Waals surface area contributed by atoms with Crippen molar-refractivity contribution in [3.05, 3.63) is 12.2 Å². The van der Waals surface area contributed by atoms with Crippen molar-refractivity contribution in [3.8, 4) is 0 Å². The number of hydrogen-bond acceptors (Lipinski definition) is 8. The first-order valence-corrected chi connectivity index (χ1v) is 7.12. The molecule has 0 aliphatic carbocycles. The number of ether oxygens (including phenoxy) is 2. The molecule has 4 N–H and O–H groups in total. The van der Waals surface area contributed by atoms with Crippen LogP contribution in [0, 0.1) is 12.8 Å². The molecule has 9 nitrogen and oxygen atoms in total. The van der Waals surface area contributed by atoms with E-state index in [1.807, 2.05) is 0 Å². The molecule has 2 rings (SSSR count). The fraction of sp³-hybridized carbons (Fsp3) is 0.769. The number of aromatic nitrogens is 3. The van der Waals surface area contributed by atoms with Crippen LogP contribution in [0.15, 0.2) is 6.33 Å². The first-order valence-electron chi connectivity index (χ1n) is 7.12. The summed E-state index contributed by atoms with van der Waals surface area (Å²) in [5, 5.41) is 24.1. The quantitative estimate of drug-likeness (QED) is 0.573. The van der Waals surface area contributed by atoms with Crippen molar-refractivity contribution >= 4 is 5.97 Å². The zero-order valence-corrected chi connectivity index (χ0v) is 12.8. The molecule has 1 unspecified atom stereocenters. The van der Waals surface area contributed by atoms with E-state index in [0.717, 1.165) is 0 Å². The number of esters is 1. The van der Waals surface area contributed by atoms with Crippen LogP contribution in [0.3, 0.4) is 0 Å². The molecule has 1 aromatic heterocycles. The minimum atomic E-state index is -1.20. The minimum absolute atomic E-state index is 0.0571. The van der Waals surface area contributed by atoms with Gasteiger partial charge in [0.05, 0.1) is 0 Å². The highest BCUT2D eigenvalue weighted by Crippen LogP contribution is 2.29. The van der Waals surface area contributed by atoms with Gasteiger partial charge in [-0.25, -0.2) is 9.67 Å². The number of carbonyl (C=O) groups excluding carboxylic acids is 1. The van der Waals surface area contributed by atoms with Gasteiger partial charge in [-0.05, 0) is 12.8 Å². The Morgan fingerprint density at radius 3 is 2.73 bits per heavy atom. The maximum Gasteiger partial charge on any atom is 0.323 e. The lowest BCUT2D eigenvalue weighted by molar-refractivity contribution is -0.152. The minimum Gasteiger partial charge on any atom is -0.462 e. The van der Waals surface area contributed by atoms with Crippen LogP contribution in [0.25, 0.3) is 0 Å². The van der Waals surface area contributed by atoms with Gasteiger partial charge in [-0.2, -0.15) is 5.10 Å². The number of rotatable bonds is 5. The molecule has 2 heterocycles. The predicted octanol–water partition coefficient (Wildman–Crippen LogP) is -1.27. The average molecular weight is 314 g/mol. The van der Waals surface area contributed by atoms with Crippen LogP contribution in [0.1, 0.15) is 25.9 Å². The third-order valence-electron chi connectivity index (χ3n) is 3.60. The van der Waals surface area contributed by atoms with Gasteiger partial charge in [-0.3, -0.25) is 4.79 Å². The van der Waals surface area contributed by atoms with E-state index in [4.69, 9.17) is 15.2 Å². The van der Waals surface area contributed by atoms with Gasteiger partial charge >= 0.3 is 5.97 Å². The van der Waals surface area contributed by atoms with E-state index in [9.17, 15) is 15.0 Å². The third-order valence-corrected chi connectivity index (χ3v) is 3.60. The largest absolute Gasteiger partial charge is 0.462 e. The lowest BCUT2D eigenvalue weighted by Crippen LogP contribution is -2.40.